The normalized spacial score (nSPS) is 17.1. The van der Waals surface area contributed by atoms with E-state index >= 15 is 0 Å². The standard InChI is InChI=1S/C14H15NO2/c1-15-8-5-10-9-11(3-4-12(10)15)14(6-7-14)13(16)17-2/h3-5,8-9H,6-7H2,1-2H3. The highest BCUT2D eigenvalue weighted by Gasteiger charge is 2.52. The van der Waals surface area contributed by atoms with Crippen LogP contribution in [0, 0.1) is 0 Å². The average Bonchev–Trinajstić information content (AvgIpc) is 3.09. The first-order valence-corrected chi connectivity index (χ1v) is 5.81. The third kappa shape index (κ3) is 1.38. The molecule has 1 aromatic heterocycles. The summed E-state index contributed by atoms with van der Waals surface area (Å²) in [5.74, 6) is -0.104. The van der Waals surface area contributed by atoms with Gasteiger partial charge in [-0.15, -0.1) is 0 Å². The predicted molar refractivity (Wildman–Crippen MR) is 65.8 cm³/mol. The fraction of sp³-hybridized carbons (Fsp3) is 0.357. The number of rotatable bonds is 2. The second kappa shape index (κ2) is 3.36. The summed E-state index contributed by atoms with van der Waals surface area (Å²) in [5, 5.41) is 1.18. The van der Waals surface area contributed by atoms with E-state index in [1.165, 1.54) is 18.0 Å². The Balaban J connectivity index is 2.10. The fourth-order valence-corrected chi connectivity index (χ4v) is 2.51. The van der Waals surface area contributed by atoms with Gasteiger partial charge < -0.3 is 9.30 Å². The number of methoxy groups -OCH3 is 1. The van der Waals surface area contributed by atoms with Crippen molar-refractivity contribution < 1.29 is 9.53 Å². The lowest BCUT2D eigenvalue weighted by atomic mass is 9.95. The molecule has 0 atom stereocenters. The number of fused-ring (bicyclic) bond motifs is 1. The minimum Gasteiger partial charge on any atom is -0.468 e. The molecule has 2 aromatic rings. The first kappa shape index (κ1) is 10.4. The lowest BCUT2D eigenvalue weighted by molar-refractivity contribution is -0.143. The number of hydrogen-bond acceptors (Lipinski definition) is 2. The van der Waals surface area contributed by atoms with E-state index in [0.717, 1.165) is 18.4 Å². The van der Waals surface area contributed by atoms with Crippen LogP contribution in [0.15, 0.2) is 30.5 Å². The maximum atomic E-state index is 11.8. The third-order valence-electron chi connectivity index (χ3n) is 3.76. The van der Waals surface area contributed by atoms with Crippen LogP contribution in [0.4, 0.5) is 0 Å². The van der Waals surface area contributed by atoms with Gasteiger partial charge in [0.2, 0.25) is 0 Å². The zero-order valence-electron chi connectivity index (χ0n) is 10.1. The minimum atomic E-state index is -0.362. The number of carbonyl (C=O) groups excluding carboxylic acids is 1. The summed E-state index contributed by atoms with van der Waals surface area (Å²) >= 11 is 0. The molecule has 0 amide bonds. The molecule has 1 aromatic carbocycles. The van der Waals surface area contributed by atoms with Gasteiger partial charge in [-0.2, -0.15) is 0 Å². The van der Waals surface area contributed by atoms with Crippen LogP contribution in [0.25, 0.3) is 10.9 Å². The van der Waals surface area contributed by atoms with Crippen molar-refractivity contribution in [1.29, 1.82) is 0 Å². The molecule has 0 aliphatic heterocycles. The molecule has 1 aliphatic carbocycles. The van der Waals surface area contributed by atoms with Crippen molar-refractivity contribution >= 4 is 16.9 Å². The van der Waals surface area contributed by atoms with Crippen LogP contribution in [-0.4, -0.2) is 17.6 Å². The van der Waals surface area contributed by atoms with Crippen molar-refractivity contribution in [3.8, 4) is 0 Å². The van der Waals surface area contributed by atoms with Crippen LogP contribution in [0.2, 0.25) is 0 Å². The third-order valence-corrected chi connectivity index (χ3v) is 3.76. The van der Waals surface area contributed by atoms with Crippen molar-refractivity contribution in [2.24, 2.45) is 7.05 Å². The molecule has 1 heterocycles. The molecule has 3 nitrogen and oxygen atoms in total. The second-order valence-corrected chi connectivity index (χ2v) is 4.77. The van der Waals surface area contributed by atoms with E-state index in [1.54, 1.807) is 0 Å². The van der Waals surface area contributed by atoms with Crippen LogP contribution in [0.3, 0.4) is 0 Å². The van der Waals surface area contributed by atoms with E-state index in [1.807, 2.05) is 19.3 Å². The van der Waals surface area contributed by atoms with E-state index in [-0.39, 0.29) is 11.4 Å². The summed E-state index contributed by atoms with van der Waals surface area (Å²) in [5.41, 5.74) is 1.91. The van der Waals surface area contributed by atoms with Gasteiger partial charge in [-0.05, 0) is 42.0 Å². The molecule has 0 spiro atoms. The van der Waals surface area contributed by atoms with Crippen LogP contribution in [0.1, 0.15) is 18.4 Å². The lowest BCUT2D eigenvalue weighted by Gasteiger charge is -2.13. The molecular formula is C14H15NO2. The van der Waals surface area contributed by atoms with Crippen LogP contribution in [-0.2, 0) is 22.0 Å². The highest BCUT2D eigenvalue weighted by Crippen LogP contribution is 2.49. The summed E-state index contributed by atoms with van der Waals surface area (Å²) in [6.07, 6.45) is 3.84. The molecule has 88 valence electrons. The quantitative estimate of drug-likeness (QED) is 0.740. The highest BCUT2D eigenvalue weighted by atomic mass is 16.5. The number of esters is 1. The Morgan fingerprint density at radius 1 is 1.35 bits per heavy atom. The van der Waals surface area contributed by atoms with Crippen LogP contribution >= 0.6 is 0 Å². The summed E-state index contributed by atoms with van der Waals surface area (Å²) in [4.78, 5) is 11.8. The van der Waals surface area contributed by atoms with Gasteiger partial charge in [0.05, 0.1) is 12.5 Å². The second-order valence-electron chi connectivity index (χ2n) is 4.77. The van der Waals surface area contributed by atoms with E-state index in [9.17, 15) is 4.79 Å². The molecule has 0 unspecified atom stereocenters. The monoisotopic (exact) mass is 229 g/mol. The number of benzene rings is 1. The number of aromatic nitrogens is 1. The summed E-state index contributed by atoms with van der Waals surface area (Å²) in [6, 6.07) is 8.31. The van der Waals surface area contributed by atoms with Crippen molar-refractivity contribution in [2.45, 2.75) is 18.3 Å². The van der Waals surface area contributed by atoms with Gasteiger partial charge in [0.15, 0.2) is 0 Å². The number of nitrogens with zero attached hydrogens (tertiary/aromatic N) is 1. The van der Waals surface area contributed by atoms with Crippen molar-refractivity contribution in [3.63, 3.8) is 0 Å². The van der Waals surface area contributed by atoms with Gasteiger partial charge in [-0.1, -0.05) is 6.07 Å². The molecule has 0 radical (unpaired) electrons. The van der Waals surface area contributed by atoms with Gasteiger partial charge in [0.25, 0.3) is 0 Å². The Kier molecular flexibility index (Phi) is 2.05. The topological polar surface area (TPSA) is 31.2 Å². The molecule has 1 aliphatic rings. The van der Waals surface area contributed by atoms with Crippen LogP contribution < -0.4 is 0 Å². The number of carbonyl (C=O) groups is 1. The Morgan fingerprint density at radius 2 is 2.12 bits per heavy atom. The number of ether oxygens (including phenoxy) is 1. The van der Waals surface area contributed by atoms with E-state index in [2.05, 4.69) is 22.8 Å². The highest BCUT2D eigenvalue weighted by molar-refractivity contribution is 5.89. The van der Waals surface area contributed by atoms with E-state index in [4.69, 9.17) is 4.74 Å². The largest absolute Gasteiger partial charge is 0.468 e. The SMILES string of the molecule is COC(=O)C1(c2ccc3c(ccn3C)c2)CC1. The van der Waals surface area contributed by atoms with Gasteiger partial charge in [-0.25, -0.2) is 0 Å². The van der Waals surface area contributed by atoms with E-state index in [0.29, 0.717) is 0 Å². The Bertz CT molecular complexity index is 593. The molecular weight excluding hydrogens is 214 g/mol. The first-order chi connectivity index (χ1) is 8.17. The summed E-state index contributed by atoms with van der Waals surface area (Å²) < 4.78 is 6.99. The molecule has 0 N–H and O–H groups in total. The summed E-state index contributed by atoms with van der Waals surface area (Å²) in [6.45, 7) is 0. The first-order valence-electron chi connectivity index (χ1n) is 5.81. The molecule has 3 heteroatoms. The maximum absolute atomic E-state index is 11.8. The van der Waals surface area contributed by atoms with Crippen molar-refractivity contribution in [1.82, 2.24) is 4.57 Å². The van der Waals surface area contributed by atoms with Gasteiger partial charge in [0, 0.05) is 18.8 Å². The molecule has 3 rings (SSSR count). The molecule has 0 bridgehead atoms. The lowest BCUT2D eigenvalue weighted by Crippen LogP contribution is -2.21. The van der Waals surface area contributed by atoms with Gasteiger partial charge in [-0.3, -0.25) is 4.79 Å². The zero-order valence-corrected chi connectivity index (χ0v) is 10.1. The maximum Gasteiger partial charge on any atom is 0.316 e. The molecule has 0 saturated heterocycles. The molecule has 1 saturated carbocycles. The minimum absolute atomic E-state index is 0.104. The molecule has 17 heavy (non-hydrogen) atoms. The Labute approximate surface area is 100.0 Å². The molecule has 1 fully saturated rings. The number of aryl methyl sites for hydroxylation is 1. The number of hydrogen-bond donors (Lipinski definition) is 0. The van der Waals surface area contributed by atoms with Crippen molar-refractivity contribution in [3.05, 3.63) is 36.0 Å². The van der Waals surface area contributed by atoms with E-state index < -0.39 is 0 Å². The van der Waals surface area contributed by atoms with Crippen molar-refractivity contribution in [2.75, 3.05) is 7.11 Å². The fourth-order valence-electron chi connectivity index (χ4n) is 2.51. The average molecular weight is 229 g/mol. The predicted octanol–water partition coefficient (Wildman–Crippen LogP) is 2.38. The summed E-state index contributed by atoms with van der Waals surface area (Å²) in [7, 11) is 3.48. The smallest absolute Gasteiger partial charge is 0.316 e. The van der Waals surface area contributed by atoms with Gasteiger partial charge >= 0.3 is 5.97 Å². The Hall–Kier alpha value is -1.77. The van der Waals surface area contributed by atoms with Crippen LogP contribution in [0.5, 0.6) is 0 Å². The zero-order chi connectivity index (χ0) is 12.0. The Morgan fingerprint density at radius 3 is 2.76 bits per heavy atom. The van der Waals surface area contributed by atoms with Gasteiger partial charge in [0.1, 0.15) is 0 Å².